The van der Waals surface area contributed by atoms with E-state index in [1.807, 2.05) is 30.3 Å². The molecule has 156 valence electrons. The van der Waals surface area contributed by atoms with Crippen LogP contribution in [0.15, 0.2) is 42.5 Å². The summed E-state index contributed by atoms with van der Waals surface area (Å²) >= 11 is 0. The average molecular weight is 408 g/mol. The normalized spacial score (nSPS) is 23.3. The predicted octanol–water partition coefficient (Wildman–Crippen LogP) is 1.57. The van der Waals surface area contributed by atoms with E-state index >= 15 is 0 Å². The molecule has 2 atom stereocenters. The van der Waals surface area contributed by atoms with Crippen LogP contribution >= 0.6 is 0 Å². The Morgan fingerprint density at radius 3 is 2.53 bits per heavy atom. The van der Waals surface area contributed by atoms with E-state index in [4.69, 9.17) is 5.73 Å². The van der Waals surface area contributed by atoms with Crippen molar-refractivity contribution in [3.05, 3.63) is 69.9 Å². The van der Waals surface area contributed by atoms with Crippen LogP contribution in [0.5, 0.6) is 0 Å². The molecule has 0 spiro atoms. The van der Waals surface area contributed by atoms with Gasteiger partial charge in [0.2, 0.25) is 5.91 Å². The number of nitrogens with two attached hydrogens (primary N) is 1. The molecular formula is C22H24N4O4. The third kappa shape index (κ3) is 3.60. The van der Waals surface area contributed by atoms with Gasteiger partial charge in [-0.25, -0.2) is 4.79 Å². The third-order valence-corrected chi connectivity index (χ3v) is 5.84. The largest absolute Gasteiger partial charge is 0.624 e. The van der Waals surface area contributed by atoms with Crippen molar-refractivity contribution in [2.75, 3.05) is 11.9 Å². The fourth-order valence-electron chi connectivity index (χ4n) is 4.15. The van der Waals surface area contributed by atoms with Crippen LogP contribution in [-0.2, 0) is 29.1 Å². The van der Waals surface area contributed by atoms with Crippen molar-refractivity contribution in [1.29, 1.82) is 0 Å². The summed E-state index contributed by atoms with van der Waals surface area (Å²) in [5, 5.41) is 19.0. The van der Waals surface area contributed by atoms with Crippen LogP contribution in [0.1, 0.15) is 39.9 Å². The Bertz CT molecular complexity index is 1000. The predicted molar refractivity (Wildman–Crippen MR) is 111 cm³/mol. The Hall–Kier alpha value is -3.07. The highest BCUT2D eigenvalue weighted by Gasteiger charge is 2.49. The lowest BCUT2D eigenvalue weighted by Crippen LogP contribution is -2.60. The highest BCUT2D eigenvalue weighted by atomic mass is 16.6. The van der Waals surface area contributed by atoms with Gasteiger partial charge in [0.05, 0.1) is 5.56 Å². The molecule has 0 bridgehead atoms. The number of hydroxylamine groups is 3. The van der Waals surface area contributed by atoms with E-state index in [0.29, 0.717) is 24.2 Å². The maximum atomic E-state index is 13.4. The average Bonchev–Trinajstić information content (AvgIpc) is 3.00. The van der Waals surface area contributed by atoms with Gasteiger partial charge in [0.25, 0.3) is 5.91 Å². The van der Waals surface area contributed by atoms with Crippen molar-refractivity contribution in [1.82, 2.24) is 5.32 Å². The molecule has 1 fully saturated rings. The maximum absolute atomic E-state index is 13.4. The van der Waals surface area contributed by atoms with E-state index in [2.05, 4.69) is 10.6 Å². The Morgan fingerprint density at radius 1 is 1.10 bits per heavy atom. The number of hydrogen-bond acceptors (Lipinski definition) is 6. The summed E-state index contributed by atoms with van der Waals surface area (Å²) in [6.07, 6.45) is 0.915. The molecule has 0 saturated carbocycles. The van der Waals surface area contributed by atoms with Crippen molar-refractivity contribution in [3.63, 3.8) is 0 Å². The quantitative estimate of drug-likeness (QED) is 0.379. The summed E-state index contributed by atoms with van der Waals surface area (Å²) in [4.78, 5) is 36.6. The minimum Gasteiger partial charge on any atom is -0.624 e. The highest BCUT2D eigenvalue weighted by Crippen LogP contribution is 2.37. The smallest absolute Gasteiger partial charge is 0.347 e. The number of piperidine rings is 1. The molecule has 0 aliphatic carbocycles. The van der Waals surface area contributed by atoms with Gasteiger partial charge in [-0.15, -0.1) is 0 Å². The number of fused-ring (bicyclic) bond motifs is 1. The van der Waals surface area contributed by atoms with Crippen molar-refractivity contribution in [3.8, 4) is 0 Å². The third-order valence-electron chi connectivity index (χ3n) is 5.84. The summed E-state index contributed by atoms with van der Waals surface area (Å²) in [6.45, 7) is 1.02. The van der Waals surface area contributed by atoms with Crippen LogP contribution < -0.4 is 16.4 Å². The van der Waals surface area contributed by atoms with Crippen LogP contribution in [0.4, 0.5) is 5.69 Å². The minimum atomic E-state index is -1.27. The van der Waals surface area contributed by atoms with Gasteiger partial charge in [0, 0.05) is 37.2 Å². The molecule has 2 aromatic carbocycles. The molecule has 8 nitrogen and oxygen atoms in total. The van der Waals surface area contributed by atoms with Crippen LogP contribution in [0.25, 0.3) is 0 Å². The lowest BCUT2D eigenvalue weighted by Gasteiger charge is -2.42. The number of hydrogen-bond donors (Lipinski definition) is 3. The molecule has 0 radical (unpaired) electrons. The second-order valence-electron chi connectivity index (χ2n) is 7.75. The molecule has 1 saturated heterocycles. The van der Waals surface area contributed by atoms with E-state index in [1.54, 1.807) is 12.1 Å². The zero-order valence-corrected chi connectivity index (χ0v) is 16.5. The summed E-state index contributed by atoms with van der Waals surface area (Å²) in [7, 11) is 0. The van der Waals surface area contributed by atoms with Gasteiger partial charge in [-0.05, 0) is 29.7 Å². The number of imide groups is 1. The summed E-state index contributed by atoms with van der Waals surface area (Å²) in [5.74, 6) is -1.70. The van der Waals surface area contributed by atoms with Gasteiger partial charge >= 0.3 is 5.91 Å². The highest BCUT2D eigenvalue weighted by molar-refractivity contribution is 6.02. The molecule has 8 heteroatoms. The van der Waals surface area contributed by atoms with Gasteiger partial charge < -0.3 is 16.3 Å². The Morgan fingerprint density at radius 2 is 1.83 bits per heavy atom. The molecule has 2 aliphatic rings. The van der Waals surface area contributed by atoms with E-state index in [0.717, 1.165) is 23.2 Å². The van der Waals surface area contributed by atoms with Crippen molar-refractivity contribution < 1.29 is 19.0 Å². The number of carbonyl (C=O) groups is 3. The Balaban J connectivity index is 1.48. The lowest BCUT2D eigenvalue weighted by atomic mass is 10.0. The monoisotopic (exact) mass is 408 g/mol. The second kappa shape index (κ2) is 7.98. The van der Waals surface area contributed by atoms with E-state index in [1.165, 1.54) is 0 Å². The molecule has 0 aromatic heterocycles. The number of carbonyl (C=O) groups excluding carboxylic acids is 3. The number of nitrogens with one attached hydrogen (secondary N) is 2. The molecule has 4 rings (SSSR count). The molecular weight excluding hydrogens is 384 g/mol. The summed E-state index contributed by atoms with van der Waals surface area (Å²) in [5.41, 5.74) is 9.54. The zero-order valence-electron chi connectivity index (χ0n) is 16.5. The number of anilines is 1. The lowest BCUT2D eigenvalue weighted by molar-refractivity contribution is -0.825. The molecule has 3 amide bonds. The molecule has 2 aromatic rings. The number of nitrogens with zero attached hydrogens (tertiary/aromatic N) is 1. The molecule has 2 heterocycles. The SMILES string of the molecule is NCc1ccc(CCNc2cccc3c2C[N+]([O-])(C2CCC(=O)NC2=O)C3=O)cc1. The molecule has 30 heavy (non-hydrogen) atoms. The van der Waals surface area contributed by atoms with Crippen molar-refractivity contribution in [2.24, 2.45) is 5.73 Å². The first kappa shape index (κ1) is 20.2. The van der Waals surface area contributed by atoms with Gasteiger partial charge in [0.1, 0.15) is 6.54 Å². The maximum Gasteiger partial charge on any atom is 0.347 e. The van der Waals surface area contributed by atoms with Gasteiger partial charge in [-0.3, -0.25) is 19.6 Å². The van der Waals surface area contributed by atoms with E-state index < -0.39 is 28.4 Å². The number of amides is 3. The van der Waals surface area contributed by atoms with Crippen LogP contribution in [0.2, 0.25) is 0 Å². The van der Waals surface area contributed by atoms with Crippen LogP contribution in [0, 0.1) is 5.21 Å². The summed E-state index contributed by atoms with van der Waals surface area (Å²) < 4.78 is -1.27. The Kier molecular flexibility index (Phi) is 5.38. The van der Waals surface area contributed by atoms with Crippen molar-refractivity contribution >= 4 is 23.4 Å². The van der Waals surface area contributed by atoms with Gasteiger partial charge in [-0.1, -0.05) is 30.3 Å². The van der Waals surface area contributed by atoms with E-state index in [9.17, 15) is 19.6 Å². The van der Waals surface area contributed by atoms with Gasteiger partial charge in [0.15, 0.2) is 6.04 Å². The van der Waals surface area contributed by atoms with Crippen LogP contribution in [0.3, 0.4) is 0 Å². The number of benzene rings is 2. The fraction of sp³-hybridized carbons (Fsp3) is 0.318. The number of quaternary nitrogens is 1. The van der Waals surface area contributed by atoms with Crippen LogP contribution in [-0.4, -0.2) is 35.0 Å². The van der Waals surface area contributed by atoms with Crippen molar-refractivity contribution in [2.45, 2.75) is 38.4 Å². The first-order valence-electron chi connectivity index (χ1n) is 10.0. The van der Waals surface area contributed by atoms with Gasteiger partial charge in [-0.2, -0.15) is 0 Å². The molecule has 2 aliphatic heterocycles. The first-order chi connectivity index (χ1) is 14.4. The standard InChI is InChI=1S/C22H24N4O4/c23-12-15-6-4-14(5-7-15)10-11-24-18-3-1-2-16-17(18)13-26(30,22(16)29)19-8-9-20(27)25-21(19)28/h1-7,19,24H,8-13,23H2,(H,25,27,28). The fourth-order valence-corrected chi connectivity index (χ4v) is 4.15. The number of rotatable bonds is 6. The minimum absolute atomic E-state index is 0.0658. The first-order valence-corrected chi connectivity index (χ1v) is 10.0. The van der Waals surface area contributed by atoms with E-state index in [-0.39, 0.29) is 19.4 Å². The topological polar surface area (TPSA) is 124 Å². The Labute approximate surface area is 174 Å². The zero-order chi connectivity index (χ0) is 21.3. The second-order valence-corrected chi connectivity index (χ2v) is 7.75. The molecule has 2 unspecified atom stereocenters. The molecule has 4 N–H and O–H groups in total. The summed E-state index contributed by atoms with van der Waals surface area (Å²) in [6, 6.07) is 12.2.